The van der Waals surface area contributed by atoms with Crippen LogP contribution in [0.15, 0.2) is 73.1 Å². The van der Waals surface area contributed by atoms with Crippen molar-refractivity contribution in [2.24, 2.45) is 0 Å². The van der Waals surface area contributed by atoms with Crippen molar-refractivity contribution >= 4 is 5.78 Å². The van der Waals surface area contributed by atoms with Crippen LogP contribution in [0.1, 0.15) is 21.5 Å². The van der Waals surface area contributed by atoms with Crippen LogP contribution in [-0.4, -0.2) is 31.7 Å². The van der Waals surface area contributed by atoms with Crippen molar-refractivity contribution < 1.29 is 23.4 Å². The number of aromatic nitrogens is 1. The SMILES string of the molecule is COc1cc(C(=O)c2cn(-c3ccc(C)cc3)cc2-c2ccccc2F)cc(OC)c1OC. The fourth-order valence-corrected chi connectivity index (χ4v) is 3.76. The molecule has 0 saturated heterocycles. The van der Waals surface area contributed by atoms with Gasteiger partial charge < -0.3 is 18.8 Å². The first-order valence-electron chi connectivity index (χ1n) is 10.4. The number of carbonyl (C=O) groups excluding carboxylic acids is 1. The Morgan fingerprint density at radius 1 is 0.818 bits per heavy atom. The fraction of sp³-hybridized carbons (Fsp3) is 0.148. The first-order valence-corrected chi connectivity index (χ1v) is 10.4. The molecular formula is C27H24FNO4. The molecule has 0 unspecified atom stereocenters. The van der Waals surface area contributed by atoms with Crippen LogP contribution in [0.3, 0.4) is 0 Å². The van der Waals surface area contributed by atoms with Gasteiger partial charge in [0.05, 0.1) is 21.3 Å². The maximum atomic E-state index is 14.7. The van der Waals surface area contributed by atoms with Crippen molar-refractivity contribution in [2.75, 3.05) is 21.3 Å². The van der Waals surface area contributed by atoms with Crippen molar-refractivity contribution in [1.29, 1.82) is 0 Å². The number of rotatable bonds is 7. The van der Waals surface area contributed by atoms with Crippen LogP contribution in [0.25, 0.3) is 16.8 Å². The molecule has 1 aromatic heterocycles. The van der Waals surface area contributed by atoms with Crippen LogP contribution in [0.2, 0.25) is 0 Å². The monoisotopic (exact) mass is 445 g/mol. The molecule has 0 bridgehead atoms. The van der Waals surface area contributed by atoms with Gasteiger partial charge in [0, 0.05) is 40.3 Å². The molecule has 6 heteroatoms. The maximum absolute atomic E-state index is 14.7. The highest BCUT2D eigenvalue weighted by molar-refractivity contribution is 6.13. The number of aryl methyl sites for hydroxylation is 1. The summed E-state index contributed by atoms with van der Waals surface area (Å²) in [5, 5.41) is 0. The molecule has 4 rings (SSSR count). The van der Waals surface area contributed by atoms with Gasteiger partial charge in [0.25, 0.3) is 0 Å². The summed E-state index contributed by atoms with van der Waals surface area (Å²) >= 11 is 0. The predicted octanol–water partition coefficient (Wildman–Crippen LogP) is 5.85. The van der Waals surface area contributed by atoms with Crippen LogP contribution < -0.4 is 14.2 Å². The second kappa shape index (κ2) is 9.20. The molecule has 0 radical (unpaired) electrons. The van der Waals surface area contributed by atoms with E-state index in [0.29, 0.717) is 39.5 Å². The third-order valence-electron chi connectivity index (χ3n) is 5.49. The van der Waals surface area contributed by atoms with Gasteiger partial charge in [-0.25, -0.2) is 4.39 Å². The van der Waals surface area contributed by atoms with Gasteiger partial charge in [0.2, 0.25) is 5.75 Å². The highest BCUT2D eigenvalue weighted by atomic mass is 19.1. The van der Waals surface area contributed by atoms with Crippen LogP contribution in [0.5, 0.6) is 17.2 Å². The van der Waals surface area contributed by atoms with Crippen molar-refractivity contribution in [2.45, 2.75) is 6.92 Å². The Morgan fingerprint density at radius 3 is 2.03 bits per heavy atom. The summed E-state index contributed by atoms with van der Waals surface area (Å²) in [6, 6.07) is 17.5. The number of hydrogen-bond donors (Lipinski definition) is 0. The third kappa shape index (κ3) is 4.20. The maximum Gasteiger partial charge on any atom is 0.203 e. The third-order valence-corrected chi connectivity index (χ3v) is 5.49. The second-order valence-corrected chi connectivity index (χ2v) is 7.55. The normalized spacial score (nSPS) is 10.7. The fourth-order valence-electron chi connectivity index (χ4n) is 3.76. The molecule has 168 valence electrons. The van der Waals surface area contributed by atoms with E-state index in [-0.39, 0.29) is 5.78 Å². The smallest absolute Gasteiger partial charge is 0.203 e. The molecule has 0 amide bonds. The largest absolute Gasteiger partial charge is 0.493 e. The summed E-state index contributed by atoms with van der Waals surface area (Å²) in [6.07, 6.45) is 3.49. The van der Waals surface area contributed by atoms with E-state index >= 15 is 0 Å². The number of hydrogen-bond acceptors (Lipinski definition) is 4. The van der Waals surface area contributed by atoms with E-state index in [2.05, 4.69) is 0 Å². The summed E-state index contributed by atoms with van der Waals surface area (Å²) in [6.45, 7) is 2.00. The van der Waals surface area contributed by atoms with E-state index in [1.54, 1.807) is 42.7 Å². The van der Waals surface area contributed by atoms with E-state index < -0.39 is 5.82 Å². The molecular weight excluding hydrogens is 421 g/mol. The van der Waals surface area contributed by atoms with Crippen LogP contribution in [0, 0.1) is 12.7 Å². The van der Waals surface area contributed by atoms with Gasteiger partial charge in [-0.05, 0) is 37.3 Å². The summed E-state index contributed by atoms with van der Waals surface area (Å²) in [5.41, 5.74) is 3.52. The van der Waals surface area contributed by atoms with Crippen molar-refractivity contribution in [3.05, 3.63) is 95.6 Å². The van der Waals surface area contributed by atoms with Crippen molar-refractivity contribution in [1.82, 2.24) is 4.57 Å². The topological polar surface area (TPSA) is 49.7 Å². The molecule has 0 N–H and O–H groups in total. The molecule has 3 aromatic carbocycles. The Labute approximate surface area is 192 Å². The summed E-state index contributed by atoms with van der Waals surface area (Å²) < 4.78 is 32.7. The molecule has 0 atom stereocenters. The van der Waals surface area contributed by atoms with E-state index in [0.717, 1.165) is 11.3 Å². The Kier molecular flexibility index (Phi) is 6.18. The zero-order chi connectivity index (χ0) is 23.5. The molecule has 0 aliphatic carbocycles. The average molecular weight is 445 g/mol. The lowest BCUT2D eigenvalue weighted by molar-refractivity contribution is 0.103. The van der Waals surface area contributed by atoms with Gasteiger partial charge in [0.1, 0.15) is 5.82 Å². The Hall–Kier alpha value is -4.06. The molecule has 0 spiro atoms. The Balaban J connectivity index is 1.90. The van der Waals surface area contributed by atoms with Gasteiger partial charge in [-0.15, -0.1) is 0 Å². The molecule has 1 heterocycles. The molecule has 4 aromatic rings. The van der Waals surface area contributed by atoms with E-state index in [1.807, 2.05) is 35.8 Å². The molecule has 5 nitrogen and oxygen atoms in total. The lowest BCUT2D eigenvalue weighted by atomic mass is 9.97. The van der Waals surface area contributed by atoms with Gasteiger partial charge in [0.15, 0.2) is 17.3 Å². The molecule has 0 saturated carbocycles. The van der Waals surface area contributed by atoms with Crippen LogP contribution in [0.4, 0.5) is 4.39 Å². The molecule has 0 aliphatic heterocycles. The number of benzene rings is 3. The lowest BCUT2D eigenvalue weighted by Crippen LogP contribution is -2.05. The minimum absolute atomic E-state index is 0.293. The number of halogens is 1. The first-order chi connectivity index (χ1) is 16.0. The Morgan fingerprint density at radius 2 is 1.45 bits per heavy atom. The standard InChI is InChI=1S/C27H24FNO4/c1-17-9-11-19(12-10-17)29-15-21(20-7-5-6-8-23(20)28)22(16-29)26(30)18-13-24(31-2)27(33-4)25(14-18)32-3/h5-16H,1-4H3. The molecule has 33 heavy (non-hydrogen) atoms. The van der Waals surface area contributed by atoms with Crippen LogP contribution in [-0.2, 0) is 0 Å². The average Bonchev–Trinajstić information content (AvgIpc) is 3.28. The van der Waals surface area contributed by atoms with E-state index in [9.17, 15) is 9.18 Å². The predicted molar refractivity (Wildman–Crippen MR) is 125 cm³/mol. The summed E-state index contributed by atoms with van der Waals surface area (Å²) in [5.74, 6) is 0.427. The van der Waals surface area contributed by atoms with Crippen molar-refractivity contribution in [3.63, 3.8) is 0 Å². The van der Waals surface area contributed by atoms with Crippen molar-refractivity contribution in [3.8, 4) is 34.1 Å². The summed E-state index contributed by atoms with van der Waals surface area (Å²) in [4.78, 5) is 13.7. The highest BCUT2D eigenvalue weighted by Gasteiger charge is 2.23. The first kappa shape index (κ1) is 22.1. The lowest BCUT2D eigenvalue weighted by Gasteiger charge is -2.14. The second-order valence-electron chi connectivity index (χ2n) is 7.55. The minimum atomic E-state index is -0.405. The van der Waals surface area contributed by atoms with E-state index in [1.165, 1.54) is 27.4 Å². The van der Waals surface area contributed by atoms with Crippen LogP contribution >= 0.6 is 0 Å². The zero-order valence-electron chi connectivity index (χ0n) is 18.9. The number of methoxy groups -OCH3 is 3. The number of ether oxygens (including phenoxy) is 3. The Bertz CT molecular complexity index is 1280. The highest BCUT2D eigenvalue weighted by Crippen LogP contribution is 2.39. The van der Waals surface area contributed by atoms with E-state index in [4.69, 9.17) is 14.2 Å². The number of ketones is 1. The quantitative estimate of drug-likeness (QED) is 0.335. The summed E-state index contributed by atoms with van der Waals surface area (Å²) in [7, 11) is 4.48. The van der Waals surface area contributed by atoms with Gasteiger partial charge in [-0.3, -0.25) is 4.79 Å². The number of carbonyl (C=O) groups is 1. The van der Waals surface area contributed by atoms with Gasteiger partial charge in [-0.1, -0.05) is 35.9 Å². The molecule has 0 aliphatic rings. The minimum Gasteiger partial charge on any atom is -0.493 e. The van der Waals surface area contributed by atoms with Gasteiger partial charge in [-0.2, -0.15) is 0 Å². The zero-order valence-corrected chi connectivity index (χ0v) is 18.9. The molecule has 0 fully saturated rings. The van der Waals surface area contributed by atoms with Gasteiger partial charge >= 0.3 is 0 Å². The number of nitrogens with zero attached hydrogens (tertiary/aromatic N) is 1.